The van der Waals surface area contributed by atoms with Crippen molar-refractivity contribution in [1.29, 1.82) is 0 Å². The molecular weight excluding hydrogens is 269 g/mol. The fourth-order valence-corrected chi connectivity index (χ4v) is 1.96. The maximum absolute atomic E-state index is 13.4. The third kappa shape index (κ3) is 2.22. The van der Waals surface area contributed by atoms with E-state index in [0.717, 1.165) is 0 Å². The maximum atomic E-state index is 13.4. The summed E-state index contributed by atoms with van der Waals surface area (Å²) in [7, 11) is 1.74. The van der Waals surface area contributed by atoms with Gasteiger partial charge in [0.1, 0.15) is 0 Å². The summed E-state index contributed by atoms with van der Waals surface area (Å²) in [6, 6.07) is 7.07. The van der Waals surface area contributed by atoms with Gasteiger partial charge in [0.2, 0.25) is 0 Å². The number of nitrogens with zero attached hydrogens (tertiary/aromatic N) is 4. The average Bonchev–Trinajstić information content (AvgIpc) is 2.71. The van der Waals surface area contributed by atoms with Crippen LogP contribution >= 0.6 is 11.6 Å². The molecule has 0 saturated heterocycles. The summed E-state index contributed by atoms with van der Waals surface area (Å²) < 4.78 is 15.0. The highest BCUT2D eigenvalue weighted by Gasteiger charge is 2.12. The summed E-state index contributed by atoms with van der Waals surface area (Å²) in [5.74, 6) is 0.311. The Hall–Kier alpha value is -2.21. The number of hydrogen-bond acceptors (Lipinski definition) is 4. The fraction of sp³-hybridized carbons (Fsp3) is 0.0833. The minimum absolute atomic E-state index is 0.311. The Balaban J connectivity index is 2.10. The van der Waals surface area contributed by atoms with Gasteiger partial charge in [-0.25, -0.2) is 4.98 Å². The highest BCUT2D eigenvalue weighted by molar-refractivity contribution is 6.30. The van der Waals surface area contributed by atoms with E-state index < -0.39 is 6.08 Å². The first-order valence-electron chi connectivity index (χ1n) is 5.50. The smallest absolute Gasteiger partial charge is 0.312 e. The molecule has 0 aliphatic carbocycles. The van der Waals surface area contributed by atoms with Gasteiger partial charge in [-0.05, 0) is 18.2 Å². The van der Waals surface area contributed by atoms with Gasteiger partial charge in [0.15, 0.2) is 17.0 Å². The highest BCUT2D eigenvalue weighted by Crippen LogP contribution is 2.23. The van der Waals surface area contributed by atoms with E-state index >= 15 is 0 Å². The summed E-state index contributed by atoms with van der Waals surface area (Å²) >= 11 is 5.90. The summed E-state index contributed by atoms with van der Waals surface area (Å²) in [5.41, 5.74) is 1.64. The molecular formula is C12H9ClFN5. The van der Waals surface area contributed by atoms with Gasteiger partial charge in [-0.1, -0.05) is 17.7 Å². The van der Waals surface area contributed by atoms with Crippen LogP contribution in [0.3, 0.4) is 0 Å². The van der Waals surface area contributed by atoms with Crippen LogP contribution in [0.25, 0.3) is 11.2 Å². The van der Waals surface area contributed by atoms with Gasteiger partial charge in [0.05, 0.1) is 6.33 Å². The Morgan fingerprint density at radius 2 is 2.16 bits per heavy atom. The molecule has 3 rings (SSSR count). The van der Waals surface area contributed by atoms with Crippen molar-refractivity contribution in [3.63, 3.8) is 0 Å². The molecule has 0 radical (unpaired) electrons. The number of benzene rings is 1. The summed E-state index contributed by atoms with van der Waals surface area (Å²) in [6.07, 6.45) is 0.753. The summed E-state index contributed by atoms with van der Waals surface area (Å²) in [5, 5.41) is 3.57. The van der Waals surface area contributed by atoms with Crippen LogP contribution < -0.4 is 5.32 Å². The number of anilines is 2. The fourth-order valence-electron chi connectivity index (χ4n) is 1.77. The first-order chi connectivity index (χ1) is 9.13. The third-order valence-corrected chi connectivity index (χ3v) is 2.85. The van der Waals surface area contributed by atoms with Gasteiger partial charge in [0.25, 0.3) is 0 Å². The van der Waals surface area contributed by atoms with E-state index in [-0.39, 0.29) is 0 Å². The van der Waals surface area contributed by atoms with E-state index in [4.69, 9.17) is 11.6 Å². The van der Waals surface area contributed by atoms with Crippen LogP contribution in [-0.2, 0) is 7.05 Å². The molecule has 2 heterocycles. The molecule has 0 bridgehead atoms. The molecule has 0 unspecified atom stereocenters. The van der Waals surface area contributed by atoms with Crippen LogP contribution in [0.5, 0.6) is 0 Å². The van der Waals surface area contributed by atoms with Crippen LogP contribution in [0.15, 0.2) is 30.6 Å². The Morgan fingerprint density at radius 3 is 2.95 bits per heavy atom. The van der Waals surface area contributed by atoms with Crippen molar-refractivity contribution in [1.82, 2.24) is 19.5 Å². The molecule has 1 N–H and O–H groups in total. The topological polar surface area (TPSA) is 55.6 Å². The van der Waals surface area contributed by atoms with Gasteiger partial charge in [-0.2, -0.15) is 14.4 Å². The number of imidazole rings is 1. The largest absolute Gasteiger partial charge is 0.338 e. The first-order valence-corrected chi connectivity index (χ1v) is 5.88. The maximum Gasteiger partial charge on any atom is 0.312 e. The molecule has 96 valence electrons. The van der Waals surface area contributed by atoms with E-state index in [1.165, 1.54) is 0 Å². The van der Waals surface area contributed by atoms with E-state index in [2.05, 4.69) is 20.3 Å². The molecule has 0 aliphatic rings. The van der Waals surface area contributed by atoms with Crippen LogP contribution in [0, 0.1) is 6.08 Å². The Kier molecular flexibility index (Phi) is 2.79. The number of halogens is 2. The lowest BCUT2D eigenvalue weighted by Gasteiger charge is -2.06. The zero-order chi connectivity index (χ0) is 13.4. The Labute approximate surface area is 113 Å². The molecule has 0 atom stereocenters. The molecule has 19 heavy (non-hydrogen) atoms. The predicted octanol–water partition coefficient (Wildman–Crippen LogP) is 2.90. The van der Waals surface area contributed by atoms with Gasteiger partial charge in [0, 0.05) is 17.8 Å². The molecule has 0 amide bonds. The molecule has 2 aromatic heterocycles. The van der Waals surface area contributed by atoms with Crippen molar-refractivity contribution in [2.45, 2.75) is 0 Å². The molecule has 0 fully saturated rings. The zero-order valence-corrected chi connectivity index (χ0v) is 10.7. The van der Waals surface area contributed by atoms with Crippen molar-refractivity contribution in [2.75, 3.05) is 5.32 Å². The molecule has 3 aromatic rings. The quantitative estimate of drug-likeness (QED) is 0.732. The summed E-state index contributed by atoms with van der Waals surface area (Å²) in [4.78, 5) is 11.6. The third-order valence-electron chi connectivity index (χ3n) is 2.62. The molecule has 5 nitrogen and oxygen atoms in total. The number of aryl methyl sites for hydroxylation is 1. The van der Waals surface area contributed by atoms with E-state index in [1.807, 2.05) is 0 Å². The second-order valence-electron chi connectivity index (χ2n) is 4.00. The summed E-state index contributed by atoms with van der Waals surface area (Å²) in [6.45, 7) is 0. The van der Waals surface area contributed by atoms with Gasteiger partial charge < -0.3 is 9.88 Å². The second-order valence-corrected chi connectivity index (χ2v) is 4.44. The minimum Gasteiger partial charge on any atom is -0.338 e. The van der Waals surface area contributed by atoms with Gasteiger partial charge in [-0.15, -0.1) is 0 Å². The van der Waals surface area contributed by atoms with Crippen molar-refractivity contribution >= 4 is 34.3 Å². The van der Waals surface area contributed by atoms with E-state index in [1.54, 1.807) is 42.2 Å². The molecule has 0 aliphatic heterocycles. The molecule has 1 aromatic carbocycles. The van der Waals surface area contributed by atoms with Gasteiger partial charge >= 0.3 is 6.08 Å². The molecule has 0 spiro atoms. The van der Waals surface area contributed by atoms with Crippen LogP contribution in [0.1, 0.15) is 0 Å². The number of aromatic nitrogens is 4. The highest BCUT2D eigenvalue weighted by atomic mass is 35.5. The zero-order valence-electron chi connectivity index (χ0n) is 9.93. The first kappa shape index (κ1) is 11.9. The lowest BCUT2D eigenvalue weighted by Crippen LogP contribution is -2.00. The number of rotatable bonds is 2. The number of hydrogen-bond donors (Lipinski definition) is 1. The van der Waals surface area contributed by atoms with Crippen LogP contribution in [0.4, 0.5) is 15.9 Å². The van der Waals surface area contributed by atoms with Crippen LogP contribution in [0.2, 0.25) is 5.02 Å². The van der Waals surface area contributed by atoms with E-state index in [9.17, 15) is 4.39 Å². The Morgan fingerprint density at radius 1 is 1.32 bits per heavy atom. The second kappa shape index (κ2) is 4.47. The lowest BCUT2D eigenvalue weighted by molar-refractivity contribution is 0.544. The number of nitrogens with one attached hydrogen (secondary N) is 1. The molecule has 0 saturated carbocycles. The predicted molar refractivity (Wildman–Crippen MR) is 71.0 cm³/mol. The minimum atomic E-state index is -0.805. The normalized spacial score (nSPS) is 10.9. The lowest BCUT2D eigenvalue weighted by atomic mass is 10.3. The Bertz CT molecular complexity index is 755. The molecule has 7 heteroatoms. The van der Waals surface area contributed by atoms with Crippen molar-refractivity contribution < 1.29 is 4.39 Å². The van der Waals surface area contributed by atoms with E-state index in [0.29, 0.717) is 27.7 Å². The van der Waals surface area contributed by atoms with Crippen LogP contribution in [-0.4, -0.2) is 19.5 Å². The number of fused-ring (bicyclic) bond motifs is 1. The van der Waals surface area contributed by atoms with Crippen molar-refractivity contribution in [2.24, 2.45) is 7.05 Å². The SMILES string of the molecule is Cn1cnc2c(Nc3cccc(Cl)c3)nc(F)nc21. The monoisotopic (exact) mass is 277 g/mol. The van der Waals surface area contributed by atoms with Crippen molar-refractivity contribution in [3.05, 3.63) is 41.7 Å². The standard InChI is InChI=1S/C12H9ClFN5/c1-19-6-15-9-10(17-12(14)18-11(9)19)16-8-4-2-3-7(13)5-8/h2-6H,1H3,(H,16,17,18). The van der Waals surface area contributed by atoms with Crippen molar-refractivity contribution in [3.8, 4) is 0 Å². The van der Waals surface area contributed by atoms with Gasteiger partial charge in [-0.3, -0.25) is 0 Å². The average molecular weight is 278 g/mol.